The average Bonchev–Trinajstić information content (AvgIpc) is 2.77. The van der Waals surface area contributed by atoms with Crippen LogP contribution in [0.5, 0.6) is 5.75 Å². The lowest BCUT2D eigenvalue weighted by Crippen LogP contribution is -2.04. The maximum atomic E-state index is 10.9. The second-order valence-corrected chi connectivity index (χ2v) is 3.41. The molecular formula is C12H13NO4. The van der Waals surface area contributed by atoms with Crippen molar-refractivity contribution in [2.75, 3.05) is 20.3 Å². The van der Waals surface area contributed by atoms with Crippen molar-refractivity contribution in [2.45, 2.75) is 0 Å². The highest BCUT2D eigenvalue weighted by Crippen LogP contribution is 2.22. The first kappa shape index (κ1) is 11.5. The van der Waals surface area contributed by atoms with Crippen molar-refractivity contribution < 1.29 is 13.9 Å². The Hall–Kier alpha value is -2.01. The minimum absolute atomic E-state index is 0.467. The van der Waals surface area contributed by atoms with Gasteiger partial charge in [-0.1, -0.05) is 12.1 Å². The third-order valence-corrected chi connectivity index (χ3v) is 2.20. The summed E-state index contributed by atoms with van der Waals surface area (Å²) in [5.41, 5.74) is 0.790. The van der Waals surface area contributed by atoms with Crippen molar-refractivity contribution in [2.24, 2.45) is 0 Å². The molecule has 0 aliphatic carbocycles. The lowest BCUT2D eigenvalue weighted by molar-refractivity contribution is 0.146. The van der Waals surface area contributed by atoms with Crippen molar-refractivity contribution in [1.29, 1.82) is 0 Å². The van der Waals surface area contributed by atoms with E-state index in [0.717, 1.165) is 5.56 Å². The topological polar surface area (TPSA) is 64.5 Å². The fourth-order valence-corrected chi connectivity index (χ4v) is 1.41. The molecule has 17 heavy (non-hydrogen) atoms. The number of ether oxygens (including phenoxy) is 2. The standard InChI is InChI=1S/C12H13NO4/c1-15-5-6-16-10-4-2-3-9(7-10)11-8-13-12(14)17-11/h2-4,7-8H,5-6H2,1H3,(H,13,14). The zero-order valence-corrected chi connectivity index (χ0v) is 9.43. The van der Waals surface area contributed by atoms with Crippen LogP contribution in [0.4, 0.5) is 0 Å². The van der Waals surface area contributed by atoms with Gasteiger partial charge in [-0.3, -0.25) is 4.98 Å². The van der Waals surface area contributed by atoms with E-state index in [0.29, 0.717) is 24.7 Å². The maximum absolute atomic E-state index is 10.9. The van der Waals surface area contributed by atoms with Crippen LogP contribution < -0.4 is 10.5 Å². The normalized spacial score (nSPS) is 10.4. The molecule has 0 aliphatic rings. The number of oxazole rings is 1. The van der Waals surface area contributed by atoms with Crippen LogP contribution in [0.15, 0.2) is 39.7 Å². The Balaban J connectivity index is 2.14. The second kappa shape index (κ2) is 5.36. The fraction of sp³-hybridized carbons (Fsp3) is 0.250. The fourth-order valence-electron chi connectivity index (χ4n) is 1.41. The number of rotatable bonds is 5. The molecule has 1 aromatic carbocycles. The molecule has 5 nitrogen and oxygen atoms in total. The van der Waals surface area contributed by atoms with Crippen molar-refractivity contribution in [1.82, 2.24) is 4.98 Å². The van der Waals surface area contributed by atoms with Gasteiger partial charge in [0.15, 0.2) is 5.76 Å². The molecule has 1 N–H and O–H groups in total. The van der Waals surface area contributed by atoms with E-state index in [1.807, 2.05) is 24.3 Å². The highest BCUT2D eigenvalue weighted by atomic mass is 16.5. The molecule has 1 heterocycles. The van der Waals surface area contributed by atoms with Crippen molar-refractivity contribution in [3.8, 4) is 17.1 Å². The summed E-state index contributed by atoms with van der Waals surface area (Å²) in [6.45, 7) is 1.01. The van der Waals surface area contributed by atoms with Crippen LogP contribution >= 0.6 is 0 Å². The molecule has 0 radical (unpaired) electrons. The monoisotopic (exact) mass is 235 g/mol. The summed E-state index contributed by atoms with van der Waals surface area (Å²) in [4.78, 5) is 13.3. The molecule has 0 amide bonds. The minimum atomic E-state index is -0.467. The molecule has 2 rings (SSSR count). The number of H-pyrrole nitrogens is 1. The zero-order valence-electron chi connectivity index (χ0n) is 9.43. The third kappa shape index (κ3) is 2.98. The van der Waals surface area contributed by atoms with Gasteiger partial charge in [-0.15, -0.1) is 0 Å². The highest BCUT2D eigenvalue weighted by Gasteiger charge is 2.04. The number of aromatic nitrogens is 1. The molecule has 0 spiro atoms. The molecule has 90 valence electrons. The highest BCUT2D eigenvalue weighted by molar-refractivity contribution is 5.58. The summed E-state index contributed by atoms with van der Waals surface area (Å²) in [5.74, 6) is 0.737. The first-order chi connectivity index (χ1) is 8.29. The summed E-state index contributed by atoms with van der Waals surface area (Å²) < 4.78 is 15.3. The molecule has 0 bridgehead atoms. The van der Waals surface area contributed by atoms with E-state index in [2.05, 4.69) is 4.98 Å². The van der Waals surface area contributed by atoms with E-state index >= 15 is 0 Å². The summed E-state index contributed by atoms with van der Waals surface area (Å²) in [6, 6.07) is 7.32. The number of aromatic amines is 1. The molecule has 5 heteroatoms. The van der Waals surface area contributed by atoms with Crippen LogP contribution in [0.1, 0.15) is 0 Å². The van der Waals surface area contributed by atoms with Crippen LogP contribution in [0, 0.1) is 0 Å². The van der Waals surface area contributed by atoms with E-state index in [4.69, 9.17) is 13.9 Å². The molecule has 0 fully saturated rings. The third-order valence-electron chi connectivity index (χ3n) is 2.20. The lowest BCUT2D eigenvalue weighted by Gasteiger charge is -2.06. The number of nitrogens with one attached hydrogen (secondary N) is 1. The summed E-state index contributed by atoms with van der Waals surface area (Å²) in [7, 11) is 1.62. The van der Waals surface area contributed by atoms with E-state index in [-0.39, 0.29) is 0 Å². The number of methoxy groups -OCH3 is 1. The zero-order chi connectivity index (χ0) is 12.1. The Morgan fingerprint density at radius 1 is 1.35 bits per heavy atom. The predicted molar refractivity (Wildman–Crippen MR) is 62.1 cm³/mol. The van der Waals surface area contributed by atoms with Gasteiger partial charge in [0.2, 0.25) is 0 Å². The average molecular weight is 235 g/mol. The van der Waals surface area contributed by atoms with E-state index in [1.54, 1.807) is 7.11 Å². The van der Waals surface area contributed by atoms with Gasteiger partial charge in [-0.2, -0.15) is 0 Å². The Kier molecular flexibility index (Phi) is 3.62. The van der Waals surface area contributed by atoms with Gasteiger partial charge in [-0.05, 0) is 12.1 Å². The number of hydrogen-bond acceptors (Lipinski definition) is 4. The Bertz CT molecular complexity index is 529. The van der Waals surface area contributed by atoms with Crippen LogP contribution in [0.3, 0.4) is 0 Å². The van der Waals surface area contributed by atoms with E-state index in [9.17, 15) is 4.79 Å². The number of hydrogen-bond donors (Lipinski definition) is 1. The lowest BCUT2D eigenvalue weighted by atomic mass is 10.2. The largest absolute Gasteiger partial charge is 0.491 e. The molecule has 0 unspecified atom stereocenters. The minimum Gasteiger partial charge on any atom is -0.491 e. The van der Waals surface area contributed by atoms with Crippen LogP contribution in [-0.2, 0) is 4.74 Å². The van der Waals surface area contributed by atoms with E-state index < -0.39 is 5.76 Å². The summed E-state index contributed by atoms with van der Waals surface area (Å²) >= 11 is 0. The Labute approximate surface area is 98.0 Å². The SMILES string of the molecule is COCCOc1cccc(-c2c[nH]c(=O)o2)c1. The summed E-state index contributed by atoms with van der Waals surface area (Å²) in [5, 5.41) is 0. The van der Waals surface area contributed by atoms with Crippen molar-refractivity contribution in [3.63, 3.8) is 0 Å². The van der Waals surface area contributed by atoms with Gasteiger partial charge in [0.25, 0.3) is 0 Å². The van der Waals surface area contributed by atoms with Crippen LogP contribution in [-0.4, -0.2) is 25.3 Å². The van der Waals surface area contributed by atoms with Gasteiger partial charge in [0.1, 0.15) is 12.4 Å². The predicted octanol–water partition coefficient (Wildman–Crippen LogP) is 1.66. The quantitative estimate of drug-likeness (QED) is 0.800. The van der Waals surface area contributed by atoms with Gasteiger partial charge in [-0.25, -0.2) is 4.79 Å². The smallest absolute Gasteiger partial charge is 0.416 e. The molecule has 0 aliphatic heterocycles. The van der Waals surface area contributed by atoms with Crippen molar-refractivity contribution in [3.05, 3.63) is 41.0 Å². The Morgan fingerprint density at radius 3 is 2.94 bits per heavy atom. The molecular weight excluding hydrogens is 222 g/mol. The first-order valence-corrected chi connectivity index (χ1v) is 5.20. The molecule has 0 atom stereocenters. The van der Waals surface area contributed by atoms with Crippen LogP contribution in [0.2, 0.25) is 0 Å². The molecule has 0 saturated carbocycles. The van der Waals surface area contributed by atoms with Gasteiger partial charge < -0.3 is 13.9 Å². The summed E-state index contributed by atoms with van der Waals surface area (Å²) in [6.07, 6.45) is 1.52. The molecule has 0 saturated heterocycles. The van der Waals surface area contributed by atoms with Crippen LogP contribution in [0.25, 0.3) is 11.3 Å². The van der Waals surface area contributed by atoms with Gasteiger partial charge >= 0.3 is 5.76 Å². The van der Waals surface area contributed by atoms with Gasteiger partial charge in [0.05, 0.1) is 12.8 Å². The first-order valence-electron chi connectivity index (χ1n) is 5.20. The maximum Gasteiger partial charge on any atom is 0.416 e. The van der Waals surface area contributed by atoms with Crippen molar-refractivity contribution >= 4 is 0 Å². The molecule has 1 aromatic heterocycles. The number of benzene rings is 1. The molecule has 2 aromatic rings. The Morgan fingerprint density at radius 2 is 2.24 bits per heavy atom. The van der Waals surface area contributed by atoms with E-state index in [1.165, 1.54) is 6.20 Å². The second-order valence-electron chi connectivity index (χ2n) is 3.41. The van der Waals surface area contributed by atoms with Gasteiger partial charge in [0, 0.05) is 12.7 Å².